The zero-order valence-electron chi connectivity index (χ0n) is 9.48. The smallest absolute Gasteiger partial charge is 0.116 e. The molecule has 0 aliphatic carbocycles. The largest absolute Gasteiger partial charge is 0.327 e. The van der Waals surface area contributed by atoms with Crippen LogP contribution in [0.2, 0.25) is 5.02 Å². The van der Waals surface area contributed by atoms with Crippen LogP contribution in [0, 0.1) is 6.92 Å². The van der Waals surface area contributed by atoms with Gasteiger partial charge in [0.05, 0.1) is 5.69 Å². The van der Waals surface area contributed by atoms with Gasteiger partial charge in [-0.3, -0.25) is 0 Å². The van der Waals surface area contributed by atoms with Gasteiger partial charge in [0.1, 0.15) is 5.01 Å². The summed E-state index contributed by atoms with van der Waals surface area (Å²) in [6.07, 6.45) is 3.84. The van der Waals surface area contributed by atoms with Crippen molar-refractivity contribution < 1.29 is 0 Å². The van der Waals surface area contributed by atoms with Crippen LogP contribution in [0.3, 0.4) is 0 Å². The molecule has 1 aromatic carbocycles. The van der Waals surface area contributed by atoms with E-state index in [0.717, 1.165) is 26.9 Å². The van der Waals surface area contributed by atoms with Crippen molar-refractivity contribution in [2.24, 2.45) is 5.73 Å². The normalized spacial score (nSPS) is 11.2. The van der Waals surface area contributed by atoms with Crippen LogP contribution < -0.4 is 5.73 Å². The summed E-state index contributed by atoms with van der Waals surface area (Å²) in [6.45, 7) is 2.53. The second kappa shape index (κ2) is 5.45. The molecule has 0 aliphatic rings. The molecule has 0 aliphatic heterocycles. The van der Waals surface area contributed by atoms with Crippen LogP contribution in [-0.2, 0) is 0 Å². The minimum absolute atomic E-state index is 0.537. The number of aromatic nitrogens is 1. The molecular weight excluding hydrogens is 252 g/mol. The summed E-state index contributed by atoms with van der Waals surface area (Å²) < 4.78 is 0. The lowest BCUT2D eigenvalue weighted by Crippen LogP contribution is -1.91. The first kappa shape index (κ1) is 12.3. The van der Waals surface area contributed by atoms with Crippen molar-refractivity contribution in [2.45, 2.75) is 6.92 Å². The number of benzene rings is 1. The molecule has 88 valence electrons. The van der Waals surface area contributed by atoms with E-state index in [4.69, 9.17) is 17.3 Å². The van der Waals surface area contributed by atoms with E-state index >= 15 is 0 Å². The van der Waals surface area contributed by atoms with E-state index in [1.54, 1.807) is 11.3 Å². The number of thiazole rings is 1. The summed E-state index contributed by atoms with van der Waals surface area (Å²) in [7, 11) is 0. The van der Waals surface area contributed by atoms with Gasteiger partial charge in [-0.25, -0.2) is 4.98 Å². The lowest BCUT2D eigenvalue weighted by molar-refractivity contribution is 1.26. The lowest BCUT2D eigenvalue weighted by Gasteiger charge is -2.00. The molecule has 2 rings (SSSR count). The summed E-state index contributed by atoms with van der Waals surface area (Å²) in [5, 5.41) is 3.80. The van der Waals surface area contributed by atoms with Crippen LogP contribution >= 0.6 is 22.9 Å². The van der Waals surface area contributed by atoms with Gasteiger partial charge in [-0.15, -0.1) is 11.3 Å². The number of nitrogens with zero attached hydrogens (tertiary/aromatic N) is 1. The van der Waals surface area contributed by atoms with Crippen LogP contribution in [0.25, 0.3) is 17.3 Å². The Balaban J connectivity index is 2.30. The second-order valence-electron chi connectivity index (χ2n) is 3.67. The molecule has 0 fully saturated rings. The van der Waals surface area contributed by atoms with Gasteiger partial charge >= 0.3 is 0 Å². The Morgan fingerprint density at radius 2 is 2.29 bits per heavy atom. The molecular formula is C13H13ClN2S. The highest BCUT2D eigenvalue weighted by atomic mass is 35.5. The standard InChI is InChI=1S/C13H13ClN2S/c1-9-7-10(4-5-11(9)14)12-8-17-13(16-12)3-2-6-15/h2-5,7-8H,6,15H2,1H3. The highest BCUT2D eigenvalue weighted by Crippen LogP contribution is 2.26. The molecule has 2 nitrogen and oxygen atoms in total. The third kappa shape index (κ3) is 2.94. The summed E-state index contributed by atoms with van der Waals surface area (Å²) >= 11 is 7.61. The molecule has 4 heteroatoms. The molecule has 1 aromatic heterocycles. The van der Waals surface area contributed by atoms with Crippen molar-refractivity contribution in [3.8, 4) is 11.3 Å². The van der Waals surface area contributed by atoms with Crippen molar-refractivity contribution in [1.82, 2.24) is 4.98 Å². The number of hydrogen-bond acceptors (Lipinski definition) is 3. The monoisotopic (exact) mass is 264 g/mol. The second-order valence-corrected chi connectivity index (χ2v) is 4.97. The van der Waals surface area contributed by atoms with E-state index in [-0.39, 0.29) is 0 Å². The molecule has 2 aromatic rings. The Hall–Kier alpha value is -1.16. The lowest BCUT2D eigenvalue weighted by atomic mass is 10.1. The van der Waals surface area contributed by atoms with Crippen molar-refractivity contribution in [3.05, 3.63) is 45.2 Å². The third-order valence-corrected chi connectivity index (χ3v) is 3.61. The molecule has 0 amide bonds. The van der Waals surface area contributed by atoms with Gasteiger partial charge in [0.25, 0.3) is 0 Å². The van der Waals surface area contributed by atoms with Crippen LogP contribution in [0.1, 0.15) is 10.6 Å². The van der Waals surface area contributed by atoms with Gasteiger partial charge in [-0.2, -0.15) is 0 Å². The first-order valence-electron chi connectivity index (χ1n) is 5.29. The first-order valence-corrected chi connectivity index (χ1v) is 6.55. The molecule has 2 N–H and O–H groups in total. The van der Waals surface area contributed by atoms with Crippen LogP contribution in [0.15, 0.2) is 29.7 Å². The maximum atomic E-state index is 6.00. The average molecular weight is 265 g/mol. The van der Waals surface area contributed by atoms with Gasteiger partial charge in [0, 0.05) is 22.5 Å². The van der Waals surface area contributed by atoms with Gasteiger partial charge in [-0.05, 0) is 30.7 Å². The molecule has 0 saturated heterocycles. The fraction of sp³-hybridized carbons (Fsp3) is 0.154. The summed E-state index contributed by atoms with van der Waals surface area (Å²) in [4.78, 5) is 4.52. The van der Waals surface area contributed by atoms with Crippen LogP contribution in [0.4, 0.5) is 0 Å². The Kier molecular flexibility index (Phi) is 3.94. The van der Waals surface area contributed by atoms with Crippen molar-refractivity contribution in [1.29, 1.82) is 0 Å². The predicted molar refractivity (Wildman–Crippen MR) is 75.4 cm³/mol. The maximum Gasteiger partial charge on any atom is 0.116 e. The summed E-state index contributed by atoms with van der Waals surface area (Å²) in [5.74, 6) is 0. The van der Waals surface area contributed by atoms with Crippen LogP contribution in [0.5, 0.6) is 0 Å². The highest BCUT2D eigenvalue weighted by Gasteiger charge is 2.04. The van der Waals surface area contributed by atoms with E-state index in [2.05, 4.69) is 4.98 Å². The number of hydrogen-bond donors (Lipinski definition) is 1. The minimum Gasteiger partial charge on any atom is -0.327 e. The number of rotatable bonds is 3. The Morgan fingerprint density at radius 1 is 1.47 bits per heavy atom. The fourth-order valence-corrected chi connectivity index (χ4v) is 2.33. The van der Waals surface area contributed by atoms with E-state index in [0.29, 0.717) is 6.54 Å². The molecule has 0 spiro atoms. The van der Waals surface area contributed by atoms with Gasteiger partial charge in [-0.1, -0.05) is 23.7 Å². The zero-order chi connectivity index (χ0) is 12.3. The average Bonchev–Trinajstić information content (AvgIpc) is 2.79. The first-order chi connectivity index (χ1) is 8.20. The third-order valence-electron chi connectivity index (χ3n) is 2.37. The minimum atomic E-state index is 0.537. The Labute approximate surface area is 110 Å². The number of nitrogens with two attached hydrogens (primary N) is 1. The SMILES string of the molecule is Cc1cc(-c2csc(C=CCN)n2)ccc1Cl. The number of halogens is 1. The van der Waals surface area contributed by atoms with Crippen LogP contribution in [-0.4, -0.2) is 11.5 Å². The van der Waals surface area contributed by atoms with E-state index in [1.807, 2.05) is 42.7 Å². The van der Waals surface area contributed by atoms with Gasteiger partial charge in [0.2, 0.25) is 0 Å². The van der Waals surface area contributed by atoms with Gasteiger partial charge < -0.3 is 5.73 Å². The van der Waals surface area contributed by atoms with Crippen molar-refractivity contribution in [2.75, 3.05) is 6.54 Å². The molecule has 0 radical (unpaired) electrons. The molecule has 0 saturated carbocycles. The molecule has 0 bridgehead atoms. The quantitative estimate of drug-likeness (QED) is 0.917. The van der Waals surface area contributed by atoms with E-state index < -0.39 is 0 Å². The van der Waals surface area contributed by atoms with Crippen molar-refractivity contribution >= 4 is 29.0 Å². The highest BCUT2D eigenvalue weighted by molar-refractivity contribution is 7.10. The molecule has 17 heavy (non-hydrogen) atoms. The topological polar surface area (TPSA) is 38.9 Å². The maximum absolute atomic E-state index is 6.00. The zero-order valence-corrected chi connectivity index (χ0v) is 11.1. The van der Waals surface area contributed by atoms with Gasteiger partial charge in [0.15, 0.2) is 0 Å². The summed E-state index contributed by atoms with van der Waals surface area (Å²) in [5.41, 5.74) is 8.54. The van der Waals surface area contributed by atoms with E-state index in [9.17, 15) is 0 Å². The summed E-state index contributed by atoms with van der Waals surface area (Å²) in [6, 6.07) is 5.94. The number of aryl methyl sites for hydroxylation is 1. The Bertz CT molecular complexity index is 546. The van der Waals surface area contributed by atoms with Crippen molar-refractivity contribution in [3.63, 3.8) is 0 Å². The molecule has 0 atom stereocenters. The fourth-order valence-electron chi connectivity index (χ4n) is 1.47. The molecule has 1 heterocycles. The molecule has 0 unspecified atom stereocenters. The van der Waals surface area contributed by atoms with E-state index in [1.165, 1.54) is 0 Å². The predicted octanol–water partition coefficient (Wildman–Crippen LogP) is 3.74. The Morgan fingerprint density at radius 3 is 3.00 bits per heavy atom.